The Labute approximate surface area is 87.9 Å². The van der Waals surface area contributed by atoms with Crippen LogP contribution in [0.3, 0.4) is 0 Å². The first-order valence-electron chi connectivity index (χ1n) is 4.54. The molecular weight excluding hydrogens is 205 g/mol. The van der Waals surface area contributed by atoms with E-state index >= 15 is 0 Å². The largest absolute Gasteiger partial charge is 0.416 e. The lowest BCUT2D eigenvalue weighted by atomic mass is 10.1. The minimum atomic E-state index is -4.21. The minimum Gasteiger partial charge on any atom is -0.385 e. The monoisotopic (exact) mass is 220 g/mol. The summed E-state index contributed by atoms with van der Waals surface area (Å²) >= 11 is 0. The van der Waals surface area contributed by atoms with Crippen molar-refractivity contribution in [2.75, 3.05) is 13.7 Å². The van der Waals surface area contributed by atoms with E-state index in [1.807, 2.05) is 6.92 Å². The molecule has 0 heterocycles. The lowest BCUT2D eigenvalue weighted by Gasteiger charge is -2.05. The summed E-state index contributed by atoms with van der Waals surface area (Å²) in [6.45, 7) is 4.53. The van der Waals surface area contributed by atoms with E-state index in [9.17, 15) is 13.2 Å². The van der Waals surface area contributed by atoms with E-state index in [1.165, 1.54) is 12.1 Å². The van der Waals surface area contributed by atoms with Gasteiger partial charge in [0.15, 0.2) is 0 Å². The van der Waals surface area contributed by atoms with Gasteiger partial charge < -0.3 is 4.74 Å². The number of hydrogen-bond acceptors (Lipinski definition) is 1. The lowest BCUT2D eigenvalue weighted by Crippen LogP contribution is -2.03. The maximum atomic E-state index is 11.9. The van der Waals surface area contributed by atoms with E-state index in [1.54, 1.807) is 14.0 Å². The second-order valence-electron chi connectivity index (χ2n) is 2.94. The molecule has 0 atom stereocenters. The summed E-state index contributed by atoms with van der Waals surface area (Å²) in [5.74, 6) is 0. The molecule has 0 aliphatic heterocycles. The van der Waals surface area contributed by atoms with Gasteiger partial charge in [0.05, 0.1) is 5.56 Å². The van der Waals surface area contributed by atoms with Gasteiger partial charge in [-0.25, -0.2) is 0 Å². The predicted octanol–water partition coefficient (Wildman–Crippen LogP) is 3.67. The number of alkyl halides is 3. The lowest BCUT2D eigenvalue weighted by molar-refractivity contribution is -0.137. The quantitative estimate of drug-likeness (QED) is 0.701. The molecule has 0 N–H and O–H groups in total. The summed E-state index contributed by atoms with van der Waals surface area (Å²) < 4.78 is 40.3. The van der Waals surface area contributed by atoms with Gasteiger partial charge in [-0.05, 0) is 26.0 Å². The third kappa shape index (κ3) is 6.12. The Balaban J connectivity index is 0.000000423. The van der Waals surface area contributed by atoms with Gasteiger partial charge in [0.1, 0.15) is 0 Å². The van der Waals surface area contributed by atoms with Crippen LogP contribution in [-0.2, 0) is 10.9 Å². The zero-order valence-corrected chi connectivity index (χ0v) is 9.06. The van der Waals surface area contributed by atoms with Crippen molar-refractivity contribution in [2.45, 2.75) is 20.0 Å². The fourth-order valence-corrected chi connectivity index (χ4v) is 0.743. The maximum Gasteiger partial charge on any atom is 0.416 e. The Morgan fingerprint density at radius 3 is 1.80 bits per heavy atom. The molecule has 1 aromatic carbocycles. The molecule has 0 aliphatic carbocycles. The molecule has 0 fully saturated rings. The van der Waals surface area contributed by atoms with Gasteiger partial charge in [-0.2, -0.15) is 13.2 Å². The second kappa shape index (κ2) is 6.45. The standard InChI is InChI=1S/C8H7F3.C3H8O/c1-6-2-4-7(5-3-6)8(9,10)11;1-3-4-2/h2-5H,1H3;3H2,1-2H3. The van der Waals surface area contributed by atoms with Crippen LogP contribution in [0.5, 0.6) is 0 Å². The highest BCUT2D eigenvalue weighted by Gasteiger charge is 2.29. The third-order valence-corrected chi connectivity index (χ3v) is 1.67. The predicted molar refractivity (Wildman–Crippen MR) is 53.7 cm³/mol. The summed E-state index contributed by atoms with van der Waals surface area (Å²) in [6.07, 6.45) is -4.21. The number of ether oxygens (including phenoxy) is 1. The van der Waals surface area contributed by atoms with Crippen LogP contribution in [0, 0.1) is 6.92 Å². The highest BCUT2D eigenvalue weighted by atomic mass is 19.4. The second-order valence-corrected chi connectivity index (χ2v) is 2.94. The molecule has 0 unspecified atom stereocenters. The number of methoxy groups -OCH3 is 1. The molecule has 1 aromatic rings. The topological polar surface area (TPSA) is 9.23 Å². The van der Waals surface area contributed by atoms with Gasteiger partial charge >= 0.3 is 6.18 Å². The summed E-state index contributed by atoms with van der Waals surface area (Å²) in [6, 6.07) is 5.05. The van der Waals surface area contributed by atoms with Crippen LogP contribution in [-0.4, -0.2) is 13.7 Å². The van der Waals surface area contributed by atoms with E-state index in [-0.39, 0.29) is 0 Å². The van der Waals surface area contributed by atoms with Crippen LogP contribution in [0.1, 0.15) is 18.1 Å². The Morgan fingerprint density at radius 1 is 1.13 bits per heavy atom. The first kappa shape index (κ1) is 14.0. The molecule has 0 spiro atoms. The molecule has 0 amide bonds. The molecule has 1 nitrogen and oxygen atoms in total. The highest BCUT2D eigenvalue weighted by molar-refractivity contribution is 5.23. The zero-order valence-electron chi connectivity index (χ0n) is 9.06. The van der Waals surface area contributed by atoms with E-state index in [4.69, 9.17) is 0 Å². The van der Waals surface area contributed by atoms with E-state index in [0.717, 1.165) is 24.3 Å². The van der Waals surface area contributed by atoms with Crippen molar-refractivity contribution in [1.82, 2.24) is 0 Å². The van der Waals surface area contributed by atoms with Crippen molar-refractivity contribution in [1.29, 1.82) is 0 Å². The van der Waals surface area contributed by atoms with Gasteiger partial charge in [0.25, 0.3) is 0 Å². The fourth-order valence-electron chi connectivity index (χ4n) is 0.743. The van der Waals surface area contributed by atoms with Crippen molar-refractivity contribution >= 4 is 0 Å². The Morgan fingerprint density at radius 2 is 1.53 bits per heavy atom. The molecule has 4 heteroatoms. The van der Waals surface area contributed by atoms with Crippen molar-refractivity contribution in [2.24, 2.45) is 0 Å². The summed E-state index contributed by atoms with van der Waals surface area (Å²) in [7, 11) is 1.68. The first-order chi connectivity index (χ1) is 6.91. The smallest absolute Gasteiger partial charge is 0.385 e. The number of hydrogen-bond donors (Lipinski definition) is 0. The SMILES string of the molecule is CCOC.Cc1ccc(C(F)(F)F)cc1. The molecule has 0 aromatic heterocycles. The van der Waals surface area contributed by atoms with Crippen molar-refractivity contribution < 1.29 is 17.9 Å². The molecule has 0 aliphatic rings. The molecule has 86 valence electrons. The van der Waals surface area contributed by atoms with Crippen molar-refractivity contribution in [3.63, 3.8) is 0 Å². The number of benzene rings is 1. The van der Waals surface area contributed by atoms with Crippen LogP contribution in [0.15, 0.2) is 24.3 Å². The van der Waals surface area contributed by atoms with Crippen molar-refractivity contribution in [3.05, 3.63) is 35.4 Å². The first-order valence-corrected chi connectivity index (χ1v) is 4.54. The van der Waals surface area contributed by atoms with Crippen LogP contribution < -0.4 is 0 Å². The molecule has 0 saturated heterocycles. The third-order valence-electron chi connectivity index (χ3n) is 1.67. The highest BCUT2D eigenvalue weighted by Crippen LogP contribution is 2.28. The number of halogens is 3. The Bertz CT molecular complexity index is 262. The van der Waals surface area contributed by atoms with Gasteiger partial charge in [0, 0.05) is 13.7 Å². The van der Waals surface area contributed by atoms with Crippen molar-refractivity contribution in [3.8, 4) is 0 Å². The average Bonchev–Trinajstić information content (AvgIpc) is 2.17. The maximum absolute atomic E-state index is 11.9. The molecule has 15 heavy (non-hydrogen) atoms. The number of aryl methyl sites for hydroxylation is 1. The fraction of sp³-hybridized carbons (Fsp3) is 0.455. The van der Waals surface area contributed by atoms with E-state index < -0.39 is 11.7 Å². The van der Waals surface area contributed by atoms with E-state index in [2.05, 4.69) is 4.74 Å². The average molecular weight is 220 g/mol. The van der Waals surface area contributed by atoms with Gasteiger partial charge in [-0.15, -0.1) is 0 Å². The zero-order chi connectivity index (χ0) is 11.9. The summed E-state index contributed by atoms with van der Waals surface area (Å²) in [5.41, 5.74) is 0.237. The molecule has 0 radical (unpaired) electrons. The van der Waals surface area contributed by atoms with Gasteiger partial charge in [-0.3, -0.25) is 0 Å². The normalized spacial score (nSPS) is 10.5. The molecule has 0 bridgehead atoms. The Kier molecular flexibility index (Phi) is 6.01. The van der Waals surface area contributed by atoms with Gasteiger partial charge in [-0.1, -0.05) is 17.7 Å². The molecule has 1 rings (SSSR count). The van der Waals surface area contributed by atoms with Gasteiger partial charge in [0.2, 0.25) is 0 Å². The Hall–Kier alpha value is -1.03. The summed E-state index contributed by atoms with van der Waals surface area (Å²) in [4.78, 5) is 0. The minimum absolute atomic E-state index is 0.594. The van der Waals surface area contributed by atoms with Crippen LogP contribution >= 0.6 is 0 Å². The van der Waals surface area contributed by atoms with E-state index in [0.29, 0.717) is 0 Å². The molecular formula is C11H15F3O. The summed E-state index contributed by atoms with van der Waals surface area (Å²) in [5, 5.41) is 0. The number of rotatable bonds is 1. The van der Waals surface area contributed by atoms with Crippen LogP contribution in [0.4, 0.5) is 13.2 Å². The molecule has 0 saturated carbocycles. The van der Waals surface area contributed by atoms with Crippen LogP contribution in [0.2, 0.25) is 0 Å². The van der Waals surface area contributed by atoms with Crippen LogP contribution in [0.25, 0.3) is 0 Å².